The van der Waals surface area contributed by atoms with E-state index in [4.69, 9.17) is 10.5 Å². The Morgan fingerprint density at radius 3 is 2.93 bits per heavy atom. The van der Waals surface area contributed by atoms with Crippen LogP contribution in [-0.4, -0.2) is 30.2 Å². The van der Waals surface area contributed by atoms with E-state index in [1.54, 1.807) is 7.11 Å². The lowest BCUT2D eigenvalue weighted by molar-refractivity contribution is 0.397. The zero-order valence-electron chi connectivity index (χ0n) is 9.10. The van der Waals surface area contributed by atoms with Crippen LogP contribution in [0.15, 0.2) is 6.07 Å². The summed E-state index contributed by atoms with van der Waals surface area (Å²) in [5.74, 6) is 2.37. The summed E-state index contributed by atoms with van der Waals surface area (Å²) in [6.07, 6.45) is 1.20. The number of anilines is 2. The molecular formula is C10H16N4O. The zero-order chi connectivity index (χ0) is 10.8. The number of rotatable bonds is 2. The maximum absolute atomic E-state index is 5.61. The molecule has 1 unspecified atom stereocenters. The molecule has 0 radical (unpaired) electrons. The smallest absolute Gasteiger partial charge is 0.225 e. The summed E-state index contributed by atoms with van der Waals surface area (Å²) >= 11 is 0. The third-order valence-corrected chi connectivity index (χ3v) is 2.66. The summed E-state index contributed by atoms with van der Waals surface area (Å²) in [5, 5.41) is 0. The molecule has 0 aromatic carbocycles. The van der Waals surface area contributed by atoms with E-state index < -0.39 is 0 Å². The first-order valence-electron chi connectivity index (χ1n) is 5.12. The SMILES string of the molecule is COc1cc(N2CCC(C)C2)nc(N)n1. The van der Waals surface area contributed by atoms with Gasteiger partial charge in [0.2, 0.25) is 11.8 Å². The fraction of sp³-hybridized carbons (Fsp3) is 0.600. The molecule has 0 aliphatic carbocycles. The van der Waals surface area contributed by atoms with Gasteiger partial charge in [0.25, 0.3) is 0 Å². The molecule has 2 rings (SSSR count). The topological polar surface area (TPSA) is 64.3 Å². The lowest BCUT2D eigenvalue weighted by atomic mass is 10.2. The van der Waals surface area contributed by atoms with Crippen LogP contribution in [0.2, 0.25) is 0 Å². The third-order valence-electron chi connectivity index (χ3n) is 2.66. The molecule has 0 bridgehead atoms. The maximum atomic E-state index is 5.61. The molecule has 0 amide bonds. The number of ether oxygens (including phenoxy) is 1. The Bertz CT molecular complexity index is 355. The van der Waals surface area contributed by atoms with Crippen LogP contribution in [0.25, 0.3) is 0 Å². The largest absolute Gasteiger partial charge is 0.481 e. The van der Waals surface area contributed by atoms with Crippen LogP contribution >= 0.6 is 0 Å². The Morgan fingerprint density at radius 2 is 2.33 bits per heavy atom. The maximum Gasteiger partial charge on any atom is 0.225 e. The highest BCUT2D eigenvalue weighted by atomic mass is 16.5. The summed E-state index contributed by atoms with van der Waals surface area (Å²) in [6.45, 7) is 4.29. The molecule has 0 spiro atoms. The van der Waals surface area contributed by atoms with Crippen molar-refractivity contribution in [1.82, 2.24) is 9.97 Å². The lowest BCUT2D eigenvalue weighted by Crippen LogP contribution is -2.21. The van der Waals surface area contributed by atoms with Gasteiger partial charge in [0.15, 0.2) is 0 Å². The highest BCUT2D eigenvalue weighted by molar-refractivity contribution is 5.46. The van der Waals surface area contributed by atoms with E-state index in [1.165, 1.54) is 6.42 Å². The Balaban J connectivity index is 2.24. The van der Waals surface area contributed by atoms with Crippen molar-refractivity contribution < 1.29 is 4.74 Å². The van der Waals surface area contributed by atoms with Crippen LogP contribution in [-0.2, 0) is 0 Å². The highest BCUT2D eigenvalue weighted by Gasteiger charge is 2.20. The second kappa shape index (κ2) is 3.92. The molecule has 2 heterocycles. The number of hydrogen-bond donors (Lipinski definition) is 1. The first-order chi connectivity index (χ1) is 7.19. The molecule has 1 saturated heterocycles. The van der Waals surface area contributed by atoms with Gasteiger partial charge in [-0.15, -0.1) is 0 Å². The number of hydrogen-bond acceptors (Lipinski definition) is 5. The van der Waals surface area contributed by atoms with Gasteiger partial charge >= 0.3 is 0 Å². The Kier molecular flexibility index (Phi) is 2.62. The normalized spacial score (nSPS) is 20.7. The Morgan fingerprint density at radius 1 is 1.53 bits per heavy atom. The van der Waals surface area contributed by atoms with Crippen molar-refractivity contribution in [3.63, 3.8) is 0 Å². The number of nitrogens with zero attached hydrogens (tertiary/aromatic N) is 3. The number of nitrogens with two attached hydrogens (primary N) is 1. The van der Waals surface area contributed by atoms with Gasteiger partial charge in [0, 0.05) is 19.2 Å². The van der Waals surface area contributed by atoms with Crippen LogP contribution in [0.3, 0.4) is 0 Å². The minimum absolute atomic E-state index is 0.268. The quantitative estimate of drug-likeness (QED) is 0.782. The Hall–Kier alpha value is -1.52. The fourth-order valence-electron chi connectivity index (χ4n) is 1.84. The van der Waals surface area contributed by atoms with E-state index in [2.05, 4.69) is 21.8 Å². The standard InChI is InChI=1S/C10H16N4O/c1-7-3-4-14(6-7)8-5-9(15-2)13-10(11)12-8/h5,7H,3-4,6H2,1-2H3,(H2,11,12,13). The van der Waals surface area contributed by atoms with Gasteiger partial charge in [-0.3, -0.25) is 0 Å². The van der Waals surface area contributed by atoms with E-state index in [1.807, 2.05) is 6.07 Å². The van der Waals surface area contributed by atoms with Crippen molar-refractivity contribution in [2.75, 3.05) is 30.8 Å². The van der Waals surface area contributed by atoms with Crippen molar-refractivity contribution >= 4 is 11.8 Å². The van der Waals surface area contributed by atoms with Crippen LogP contribution < -0.4 is 15.4 Å². The monoisotopic (exact) mass is 208 g/mol. The van der Waals surface area contributed by atoms with E-state index in [0.29, 0.717) is 11.8 Å². The molecule has 1 atom stereocenters. The van der Waals surface area contributed by atoms with E-state index >= 15 is 0 Å². The van der Waals surface area contributed by atoms with Crippen LogP contribution in [0.1, 0.15) is 13.3 Å². The molecule has 0 saturated carbocycles. The average Bonchev–Trinajstić information content (AvgIpc) is 2.64. The number of methoxy groups -OCH3 is 1. The summed E-state index contributed by atoms with van der Waals surface area (Å²) in [7, 11) is 1.58. The van der Waals surface area contributed by atoms with Crippen LogP contribution in [0.5, 0.6) is 5.88 Å². The van der Waals surface area contributed by atoms with Gasteiger partial charge in [-0.1, -0.05) is 6.92 Å². The van der Waals surface area contributed by atoms with Crippen molar-refractivity contribution in [3.05, 3.63) is 6.07 Å². The zero-order valence-corrected chi connectivity index (χ0v) is 9.10. The van der Waals surface area contributed by atoms with Gasteiger partial charge in [0.1, 0.15) is 5.82 Å². The summed E-state index contributed by atoms with van der Waals surface area (Å²) in [5.41, 5.74) is 5.61. The van der Waals surface area contributed by atoms with Crippen molar-refractivity contribution in [2.24, 2.45) is 5.92 Å². The second-order valence-electron chi connectivity index (χ2n) is 3.97. The number of aromatic nitrogens is 2. The number of nitrogen functional groups attached to an aromatic ring is 1. The second-order valence-corrected chi connectivity index (χ2v) is 3.97. The molecule has 1 fully saturated rings. The fourth-order valence-corrected chi connectivity index (χ4v) is 1.84. The van der Waals surface area contributed by atoms with Crippen molar-refractivity contribution in [3.8, 4) is 5.88 Å². The molecule has 5 heteroatoms. The van der Waals surface area contributed by atoms with Gasteiger partial charge in [-0.2, -0.15) is 9.97 Å². The molecule has 2 N–H and O–H groups in total. The Labute approximate surface area is 89.3 Å². The molecule has 5 nitrogen and oxygen atoms in total. The predicted octanol–water partition coefficient (Wildman–Crippen LogP) is 0.914. The molecule has 1 aromatic heterocycles. The summed E-state index contributed by atoms with van der Waals surface area (Å²) in [6, 6.07) is 1.83. The molecule has 1 aromatic rings. The molecule has 82 valence electrons. The van der Waals surface area contributed by atoms with Gasteiger partial charge in [-0.05, 0) is 12.3 Å². The molecular weight excluding hydrogens is 192 g/mol. The first-order valence-corrected chi connectivity index (χ1v) is 5.12. The van der Waals surface area contributed by atoms with E-state index in [0.717, 1.165) is 18.9 Å². The van der Waals surface area contributed by atoms with Crippen LogP contribution in [0.4, 0.5) is 11.8 Å². The van der Waals surface area contributed by atoms with Crippen molar-refractivity contribution in [2.45, 2.75) is 13.3 Å². The van der Waals surface area contributed by atoms with Gasteiger partial charge in [0.05, 0.1) is 7.11 Å². The summed E-state index contributed by atoms with van der Waals surface area (Å²) < 4.78 is 5.06. The van der Waals surface area contributed by atoms with Gasteiger partial charge in [-0.25, -0.2) is 0 Å². The van der Waals surface area contributed by atoms with Crippen LogP contribution in [0, 0.1) is 5.92 Å². The van der Waals surface area contributed by atoms with E-state index in [-0.39, 0.29) is 5.95 Å². The average molecular weight is 208 g/mol. The first kappa shape index (κ1) is 10.0. The highest BCUT2D eigenvalue weighted by Crippen LogP contribution is 2.24. The van der Waals surface area contributed by atoms with Gasteiger partial charge < -0.3 is 15.4 Å². The molecule has 1 aliphatic heterocycles. The minimum Gasteiger partial charge on any atom is -0.481 e. The molecule has 15 heavy (non-hydrogen) atoms. The minimum atomic E-state index is 0.268. The summed E-state index contributed by atoms with van der Waals surface area (Å²) in [4.78, 5) is 10.4. The van der Waals surface area contributed by atoms with Crippen molar-refractivity contribution in [1.29, 1.82) is 0 Å². The third kappa shape index (κ3) is 2.11. The lowest BCUT2D eigenvalue weighted by Gasteiger charge is -2.17. The molecule has 1 aliphatic rings. The van der Waals surface area contributed by atoms with E-state index in [9.17, 15) is 0 Å². The predicted molar refractivity (Wildman–Crippen MR) is 59.0 cm³/mol.